The van der Waals surface area contributed by atoms with E-state index in [9.17, 15) is 14.4 Å². The van der Waals surface area contributed by atoms with Crippen molar-refractivity contribution >= 4 is 17.7 Å². The summed E-state index contributed by atoms with van der Waals surface area (Å²) in [6.45, 7) is 4.53. The van der Waals surface area contributed by atoms with E-state index < -0.39 is 11.8 Å². The van der Waals surface area contributed by atoms with Crippen LogP contribution in [0.3, 0.4) is 0 Å². The van der Waals surface area contributed by atoms with Gasteiger partial charge < -0.3 is 14.5 Å². The lowest BCUT2D eigenvalue weighted by molar-refractivity contribution is -0.136. The van der Waals surface area contributed by atoms with Gasteiger partial charge in [-0.2, -0.15) is 0 Å². The first-order valence-electron chi connectivity index (χ1n) is 12.2. The van der Waals surface area contributed by atoms with Crippen LogP contribution >= 0.6 is 0 Å². The van der Waals surface area contributed by atoms with Crippen LogP contribution in [0.15, 0.2) is 54.6 Å². The second-order valence-electron chi connectivity index (χ2n) is 9.45. The van der Waals surface area contributed by atoms with Gasteiger partial charge in [0.2, 0.25) is 5.91 Å². The van der Waals surface area contributed by atoms with Gasteiger partial charge in [-0.25, -0.2) is 0 Å². The lowest BCUT2D eigenvalue weighted by Crippen LogP contribution is -2.60. The Kier molecular flexibility index (Phi) is 6.13. The Morgan fingerprint density at radius 2 is 1.47 bits per heavy atom. The molecule has 5 rings (SSSR count). The number of amides is 3. The number of carbonyl (C=O) groups is 3. The van der Waals surface area contributed by atoms with Gasteiger partial charge in [-0.1, -0.05) is 36.4 Å². The molecule has 0 aromatic heterocycles. The van der Waals surface area contributed by atoms with Crippen molar-refractivity contribution in [3.63, 3.8) is 0 Å². The Bertz CT molecular complexity index is 1070. The number of hydrogen-bond donors (Lipinski definition) is 0. The molecule has 178 valence electrons. The molecule has 34 heavy (non-hydrogen) atoms. The summed E-state index contributed by atoms with van der Waals surface area (Å²) in [7, 11) is 0. The molecular weight excluding hydrogens is 430 g/mol. The molecule has 3 heterocycles. The fourth-order valence-corrected chi connectivity index (χ4v) is 5.47. The minimum Gasteiger partial charge on any atom is -0.353 e. The number of benzene rings is 2. The monoisotopic (exact) mass is 461 g/mol. The number of piperidine rings is 1. The highest BCUT2D eigenvalue weighted by Gasteiger charge is 2.55. The molecule has 0 radical (unpaired) electrons. The Labute approximate surface area is 200 Å². The van der Waals surface area contributed by atoms with E-state index in [-0.39, 0.29) is 24.3 Å². The molecular formula is C27H31N3O4. The molecule has 3 saturated heterocycles. The molecule has 2 aromatic carbocycles. The molecule has 7 heteroatoms. The van der Waals surface area contributed by atoms with E-state index in [1.54, 1.807) is 17.0 Å². The van der Waals surface area contributed by atoms with Gasteiger partial charge >= 0.3 is 0 Å². The fraction of sp³-hybridized carbons (Fsp3) is 0.444. The molecule has 3 fully saturated rings. The molecule has 0 bridgehead atoms. The molecule has 3 aliphatic rings. The maximum absolute atomic E-state index is 13.7. The van der Waals surface area contributed by atoms with E-state index in [2.05, 4.69) is 0 Å². The van der Waals surface area contributed by atoms with Crippen LogP contribution < -0.4 is 0 Å². The van der Waals surface area contributed by atoms with E-state index in [4.69, 9.17) is 4.74 Å². The Morgan fingerprint density at radius 1 is 0.824 bits per heavy atom. The number of rotatable bonds is 3. The number of ether oxygens (including phenoxy) is 1. The average molecular weight is 462 g/mol. The maximum Gasteiger partial charge on any atom is 0.256 e. The highest BCUT2D eigenvalue weighted by Crippen LogP contribution is 2.39. The average Bonchev–Trinajstić information content (AvgIpc) is 3.53. The first-order chi connectivity index (χ1) is 16.5. The molecule has 3 aliphatic heterocycles. The third kappa shape index (κ3) is 3.98. The standard InChI is InChI=1S/C27H31N3O4/c1-20-9-5-6-12-22(20)25(32)29-17-13-27(14-18-29)30(24(31)21-10-3-2-4-11-21)23(19-34-27)26(33)28-15-7-8-16-28/h2-6,9-12,23H,7-8,13-19H2,1H3. The molecule has 0 N–H and O–H groups in total. The minimum absolute atomic E-state index is 0.00317. The zero-order valence-electron chi connectivity index (χ0n) is 19.6. The van der Waals surface area contributed by atoms with Crippen LogP contribution in [0.1, 0.15) is 52.0 Å². The number of aryl methyl sites for hydroxylation is 1. The van der Waals surface area contributed by atoms with Gasteiger partial charge in [0.05, 0.1) is 6.61 Å². The number of likely N-dealkylation sites (tertiary alicyclic amines) is 2. The predicted molar refractivity (Wildman–Crippen MR) is 127 cm³/mol. The fourth-order valence-electron chi connectivity index (χ4n) is 5.47. The van der Waals surface area contributed by atoms with Crippen molar-refractivity contribution in [3.8, 4) is 0 Å². The summed E-state index contributed by atoms with van der Waals surface area (Å²) in [4.78, 5) is 45.7. The smallest absolute Gasteiger partial charge is 0.256 e. The van der Waals surface area contributed by atoms with Crippen LogP contribution in [0.2, 0.25) is 0 Å². The van der Waals surface area contributed by atoms with Crippen molar-refractivity contribution in [2.75, 3.05) is 32.8 Å². The summed E-state index contributed by atoms with van der Waals surface area (Å²) in [6.07, 6.45) is 2.94. The van der Waals surface area contributed by atoms with Gasteiger partial charge in [-0.3, -0.25) is 19.3 Å². The molecule has 1 atom stereocenters. The summed E-state index contributed by atoms with van der Waals surface area (Å²) in [5.74, 6) is -0.219. The van der Waals surface area contributed by atoms with Crippen molar-refractivity contribution in [2.24, 2.45) is 0 Å². The Hall–Kier alpha value is -3.19. The summed E-state index contributed by atoms with van der Waals surface area (Å²) >= 11 is 0. The molecule has 7 nitrogen and oxygen atoms in total. The lowest BCUT2D eigenvalue weighted by atomic mass is 9.95. The van der Waals surface area contributed by atoms with Crippen LogP contribution in [-0.2, 0) is 9.53 Å². The number of hydrogen-bond acceptors (Lipinski definition) is 4. The zero-order chi connectivity index (χ0) is 23.7. The highest BCUT2D eigenvalue weighted by atomic mass is 16.5. The quantitative estimate of drug-likeness (QED) is 0.704. The SMILES string of the molecule is Cc1ccccc1C(=O)N1CCC2(CC1)OCC(C(=O)N1CCCC1)N2C(=O)c1ccccc1. The third-order valence-corrected chi connectivity index (χ3v) is 7.41. The van der Waals surface area contributed by atoms with Gasteiger partial charge in [-0.15, -0.1) is 0 Å². The van der Waals surface area contributed by atoms with E-state index in [0.29, 0.717) is 37.1 Å². The highest BCUT2D eigenvalue weighted by molar-refractivity contribution is 5.99. The summed E-state index contributed by atoms with van der Waals surface area (Å²) in [6, 6.07) is 16.0. The van der Waals surface area contributed by atoms with Crippen LogP contribution in [0.4, 0.5) is 0 Å². The molecule has 0 aliphatic carbocycles. The molecule has 1 spiro atoms. The van der Waals surface area contributed by atoms with E-state index in [1.807, 2.05) is 59.2 Å². The normalized spacial score (nSPS) is 21.8. The van der Waals surface area contributed by atoms with Gasteiger partial charge in [0.1, 0.15) is 11.8 Å². The van der Waals surface area contributed by atoms with Crippen LogP contribution in [-0.4, -0.2) is 77.0 Å². The largest absolute Gasteiger partial charge is 0.353 e. The van der Waals surface area contributed by atoms with Crippen molar-refractivity contribution in [3.05, 3.63) is 71.3 Å². The lowest BCUT2D eigenvalue weighted by Gasteiger charge is -2.44. The van der Waals surface area contributed by atoms with Crippen molar-refractivity contribution in [2.45, 2.75) is 44.4 Å². The molecule has 1 unspecified atom stereocenters. The van der Waals surface area contributed by atoms with Crippen LogP contribution in [0.5, 0.6) is 0 Å². The first kappa shape index (κ1) is 22.6. The summed E-state index contributed by atoms with van der Waals surface area (Å²) in [5, 5.41) is 0. The van der Waals surface area contributed by atoms with Crippen molar-refractivity contribution < 1.29 is 19.1 Å². The first-order valence-corrected chi connectivity index (χ1v) is 12.2. The van der Waals surface area contributed by atoms with Gasteiger partial charge in [0.25, 0.3) is 11.8 Å². The molecule has 3 amide bonds. The molecule has 2 aromatic rings. The zero-order valence-corrected chi connectivity index (χ0v) is 19.6. The third-order valence-electron chi connectivity index (χ3n) is 7.41. The number of carbonyl (C=O) groups excluding carboxylic acids is 3. The van der Waals surface area contributed by atoms with Gasteiger partial charge in [0, 0.05) is 50.1 Å². The summed E-state index contributed by atoms with van der Waals surface area (Å²) < 4.78 is 6.31. The van der Waals surface area contributed by atoms with Crippen molar-refractivity contribution in [1.29, 1.82) is 0 Å². The second-order valence-corrected chi connectivity index (χ2v) is 9.45. The maximum atomic E-state index is 13.7. The van der Waals surface area contributed by atoms with Crippen LogP contribution in [0, 0.1) is 6.92 Å². The minimum atomic E-state index is -0.879. The topological polar surface area (TPSA) is 70.2 Å². The second kappa shape index (κ2) is 9.22. The Morgan fingerprint density at radius 3 is 2.15 bits per heavy atom. The predicted octanol–water partition coefficient (Wildman–Crippen LogP) is 3.09. The summed E-state index contributed by atoms with van der Waals surface area (Å²) in [5.41, 5.74) is 1.31. The van der Waals surface area contributed by atoms with Gasteiger partial charge in [-0.05, 0) is 43.5 Å². The molecule has 0 saturated carbocycles. The Balaban J connectivity index is 1.39. The van der Waals surface area contributed by atoms with E-state index >= 15 is 0 Å². The number of nitrogens with zero attached hydrogens (tertiary/aromatic N) is 3. The van der Waals surface area contributed by atoms with E-state index in [0.717, 1.165) is 31.5 Å². The van der Waals surface area contributed by atoms with Crippen LogP contribution in [0.25, 0.3) is 0 Å². The van der Waals surface area contributed by atoms with Gasteiger partial charge in [0.15, 0.2) is 0 Å². The van der Waals surface area contributed by atoms with Crippen molar-refractivity contribution in [1.82, 2.24) is 14.7 Å². The van der Waals surface area contributed by atoms with E-state index in [1.165, 1.54) is 0 Å².